The molecule has 4 aromatic rings. The zero-order chi connectivity index (χ0) is 17.6. The summed E-state index contributed by atoms with van der Waals surface area (Å²) < 4.78 is 3.59. The summed E-state index contributed by atoms with van der Waals surface area (Å²) in [6.45, 7) is 0. The molecule has 0 atom stereocenters. The summed E-state index contributed by atoms with van der Waals surface area (Å²) in [4.78, 5) is 8.18. The number of fused-ring (bicyclic) bond motifs is 1. The Bertz CT molecular complexity index is 1110. The molecule has 0 aliphatic carbocycles. The molecule has 124 valence electrons. The lowest BCUT2D eigenvalue weighted by Gasteiger charge is -2.04. The van der Waals surface area contributed by atoms with Crippen molar-refractivity contribution < 1.29 is 0 Å². The van der Waals surface area contributed by atoms with Gasteiger partial charge in [-0.2, -0.15) is 4.98 Å². The van der Waals surface area contributed by atoms with E-state index in [1.807, 2.05) is 42.6 Å². The lowest BCUT2D eigenvalue weighted by molar-refractivity contribution is 0.801. The fourth-order valence-corrected chi connectivity index (χ4v) is 3.74. The highest BCUT2D eigenvalue weighted by atomic mass is 79.9. The highest BCUT2D eigenvalue weighted by molar-refractivity contribution is 9.11. The highest BCUT2D eigenvalue weighted by Crippen LogP contribution is 2.28. The predicted octanol–water partition coefficient (Wildman–Crippen LogP) is 3.57. The molecule has 0 unspecified atom stereocenters. The zero-order valence-corrected chi connectivity index (χ0v) is 15.9. The minimum absolute atomic E-state index is 0.156. The molecule has 2 aromatic heterocycles. The van der Waals surface area contributed by atoms with E-state index in [2.05, 4.69) is 52.1 Å². The molecule has 4 N–H and O–H groups in total. The van der Waals surface area contributed by atoms with Gasteiger partial charge in [-0.15, -0.1) is 5.10 Å². The van der Waals surface area contributed by atoms with Crippen molar-refractivity contribution in [2.45, 2.75) is 0 Å². The minimum Gasteiger partial charge on any atom is -0.383 e. The zero-order valence-electron chi connectivity index (χ0n) is 12.7. The second kappa shape index (κ2) is 6.08. The Balaban J connectivity index is 1.78. The van der Waals surface area contributed by atoms with Crippen LogP contribution in [0, 0.1) is 0 Å². The number of halogens is 2. The molecule has 2 aromatic carbocycles. The van der Waals surface area contributed by atoms with Crippen LogP contribution in [0.25, 0.3) is 27.8 Å². The van der Waals surface area contributed by atoms with Gasteiger partial charge < -0.3 is 11.5 Å². The number of nitrogens with two attached hydrogens (primary N) is 2. The fraction of sp³-hybridized carbons (Fsp3) is 0. The highest BCUT2D eigenvalue weighted by Gasteiger charge is 2.11. The molecule has 0 fully saturated rings. The number of nitrogen functional groups attached to an aromatic ring is 2. The van der Waals surface area contributed by atoms with Crippen LogP contribution in [-0.4, -0.2) is 25.0 Å². The Morgan fingerprint density at radius 1 is 0.960 bits per heavy atom. The van der Waals surface area contributed by atoms with E-state index in [9.17, 15) is 0 Å². The van der Waals surface area contributed by atoms with Crippen LogP contribution in [0.5, 0.6) is 0 Å². The molecular formula is C16H11Br2N7. The van der Waals surface area contributed by atoms with Crippen molar-refractivity contribution in [2.24, 2.45) is 0 Å². The van der Waals surface area contributed by atoms with E-state index >= 15 is 0 Å². The van der Waals surface area contributed by atoms with Gasteiger partial charge in [-0.3, -0.25) is 0 Å². The van der Waals surface area contributed by atoms with Gasteiger partial charge in [0, 0.05) is 19.9 Å². The van der Waals surface area contributed by atoms with Gasteiger partial charge in [-0.05, 0) is 46.3 Å². The Hall–Kier alpha value is -2.52. The SMILES string of the molecule is Nc1nc(N)c2cc(-c3cn(-c4ccc(Br)cc4Br)nn3)ccc2n1. The summed E-state index contributed by atoms with van der Waals surface area (Å²) in [5.41, 5.74) is 14.7. The van der Waals surface area contributed by atoms with Crippen molar-refractivity contribution in [3.63, 3.8) is 0 Å². The van der Waals surface area contributed by atoms with E-state index in [0.29, 0.717) is 17.0 Å². The van der Waals surface area contributed by atoms with Crippen molar-refractivity contribution in [1.29, 1.82) is 0 Å². The van der Waals surface area contributed by atoms with Gasteiger partial charge in [0.1, 0.15) is 11.5 Å². The fourth-order valence-electron chi connectivity index (χ4n) is 2.51. The molecule has 7 nitrogen and oxygen atoms in total. The lowest BCUT2D eigenvalue weighted by atomic mass is 10.1. The molecule has 0 bridgehead atoms. The Kier molecular flexibility index (Phi) is 3.89. The van der Waals surface area contributed by atoms with Crippen molar-refractivity contribution in [2.75, 3.05) is 11.5 Å². The number of aromatic nitrogens is 5. The summed E-state index contributed by atoms with van der Waals surface area (Å²) in [6, 6.07) is 11.5. The molecule has 25 heavy (non-hydrogen) atoms. The summed E-state index contributed by atoms with van der Waals surface area (Å²) in [5.74, 6) is 0.496. The van der Waals surface area contributed by atoms with Crippen LogP contribution in [-0.2, 0) is 0 Å². The largest absolute Gasteiger partial charge is 0.383 e. The maximum absolute atomic E-state index is 5.95. The first-order chi connectivity index (χ1) is 12.0. The summed E-state index contributed by atoms with van der Waals surface area (Å²) in [6.07, 6.45) is 1.85. The molecule has 0 saturated carbocycles. The first-order valence-electron chi connectivity index (χ1n) is 7.22. The number of benzene rings is 2. The summed E-state index contributed by atoms with van der Waals surface area (Å²) in [7, 11) is 0. The van der Waals surface area contributed by atoms with Gasteiger partial charge in [-0.25, -0.2) is 9.67 Å². The monoisotopic (exact) mass is 459 g/mol. The second-order valence-corrected chi connectivity index (χ2v) is 7.11. The number of hydrogen-bond acceptors (Lipinski definition) is 6. The van der Waals surface area contributed by atoms with Crippen LogP contribution in [0.2, 0.25) is 0 Å². The third kappa shape index (κ3) is 2.96. The first-order valence-corrected chi connectivity index (χ1v) is 8.81. The topological polar surface area (TPSA) is 109 Å². The number of nitrogens with zero attached hydrogens (tertiary/aromatic N) is 5. The van der Waals surface area contributed by atoms with Crippen molar-refractivity contribution in [3.05, 3.63) is 51.5 Å². The van der Waals surface area contributed by atoms with Gasteiger partial charge in [-0.1, -0.05) is 27.2 Å². The maximum atomic E-state index is 5.95. The van der Waals surface area contributed by atoms with Gasteiger partial charge in [0.2, 0.25) is 5.95 Å². The molecule has 0 aliphatic heterocycles. The quantitative estimate of drug-likeness (QED) is 0.473. The van der Waals surface area contributed by atoms with Crippen molar-refractivity contribution in [1.82, 2.24) is 25.0 Å². The molecule has 0 amide bonds. The van der Waals surface area contributed by atoms with E-state index < -0.39 is 0 Å². The van der Waals surface area contributed by atoms with E-state index in [1.165, 1.54) is 0 Å². The second-order valence-electron chi connectivity index (χ2n) is 5.34. The van der Waals surface area contributed by atoms with Gasteiger partial charge in [0.25, 0.3) is 0 Å². The van der Waals surface area contributed by atoms with Gasteiger partial charge in [0.15, 0.2) is 0 Å². The Morgan fingerprint density at radius 3 is 2.60 bits per heavy atom. The average Bonchev–Trinajstić information content (AvgIpc) is 3.04. The van der Waals surface area contributed by atoms with Crippen LogP contribution in [0.15, 0.2) is 51.5 Å². The molecule has 4 rings (SSSR count). The minimum atomic E-state index is 0.156. The standard InChI is InChI=1S/C16H11Br2N7/c17-9-2-4-14(11(18)6-9)25-7-13(23-24-25)8-1-3-12-10(5-8)15(19)22-16(20)21-12/h1-7H,(H4,19,20,21,22). The van der Waals surface area contributed by atoms with Gasteiger partial charge >= 0.3 is 0 Å². The summed E-state index contributed by atoms with van der Waals surface area (Å²) in [5, 5.41) is 9.19. The normalized spacial score (nSPS) is 11.1. The van der Waals surface area contributed by atoms with Crippen molar-refractivity contribution >= 4 is 54.5 Å². The van der Waals surface area contributed by atoms with E-state index in [1.54, 1.807) is 4.68 Å². The number of rotatable bonds is 2. The molecule has 9 heteroatoms. The van der Waals surface area contributed by atoms with E-state index in [4.69, 9.17) is 11.5 Å². The van der Waals surface area contributed by atoms with Crippen LogP contribution in [0.4, 0.5) is 11.8 Å². The lowest BCUT2D eigenvalue weighted by Crippen LogP contribution is -2.00. The van der Waals surface area contributed by atoms with Crippen LogP contribution >= 0.6 is 31.9 Å². The number of anilines is 2. The van der Waals surface area contributed by atoms with Crippen LogP contribution in [0.1, 0.15) is 0 Å². The maximum Gasteiger partial charge on any atom is 0.222 e. The smallest absolute Gasteiger partial charge is 0.222 e. The third-order valence-electron chi connectivity index (χ3n) is 3.69. The molecule has 0 radical (unpaired) electrons. The first kappa shape index (κ1) is 16.0. The molecule has 0 saturated heterocycles. The number of hydrogen-bond donors (Lipinski definition) is 2. The third-order valence-corrected chi connectivity index (χ3v) is 4.82. The molecular weight excluding hydrogens is 450 g/mol. The summed E-state index contributed by atoms with van der Waals surface area (Å²) >= 11 is 6.97. The van der Waals surface area contributed by atoms with Crippen LogP contribution < -0.4 is 11.5 Å². The molecule has 2 heterocycles. The molecule has 0 spiro atoms. The van der Waals surface area contributed by atoms with Crippen molar-refractivity contribution in [3.8, 4) is 16.9 Å². The van der Waals surface area contributed by atoms with E-state index in [-0.39, 0.29) is 5.95 Å². The van der Waals surface area contributed by atoms with Gasteiger partial charge in [0.05, 0.1) is 17.4 Å². The molecule has 0 aliphatic rings. The predicted molar refractivity (Wildman–Crippen MR) is 104 cm³/mol. The average molecular weight is 461 g/mol. The Labute approximate surface area is 159 Å². The van der Waals surface area contributed by atoms with E-state index in [0.717, 1.165) is 25.6 Å². The van der Waals surface area contributed by atoms with Crippen LogP contribution in [0.3, 0.4) is 0 Å². The Morgan fingerprint density at radius 2 is 1.80 bits per heavy atom.